The van der Waals surface area contributed by atoms with E-state index in [1.807, 2.05) is 78.9 Å². The van der Waals surface area contributed by atoms with E-state index >= 15 is 0 Å². The first-order valence-electron chi connectivity index (χ1n) is 33.8. The summed E-state index contributed by atoms with van der Waals surface area (Å²) in [6.07, 6.45) is 0. The highest BCUT2D eigenvalue weighted by Gasteiger charge is 2.41. The Kier molecular flexibility index (Phi) is 6.61. The molecular formula is C69H46N6Si. The molecule has 0 fully saturated rings. The fourth-order valence-corrected chi connectivity index (χ4v) is 14.9. The van der Waals surface area contributed by atoms with Crippen LogP contribution in [0.25, 0.3) is 106 Å². The van der Waals surface area contributed by atoms with Gasteiger partial charge in [0.05, 0.1) is 64.8 Å². The molecule has 0 aliphatic rings. The van der Waals surface area contributed by atoms with Crippen molar-refractivity contribution in [2.45, 2.75) is 0 Å². The Hall–Kier alpha value is -9.95. The molecule has 0 spiro atoms. The molecule has 76 heavy (non-hydrogen) atoms. The Labute approximate surface area is 466 Å². The minimum Gasteiger partial charge on any atom is -0.309 e. The third-order valence-electron chi connectivity index (χ3n) is 14.1. The highest BCUT2D eigenvalue weighted by atomic mass is 28.3. The van der Waals surface area contributed by atoms with Crippen molar-refractivity contribution in [1.82, 2.24) is 28.7 Å². The van der Waals surface area contributed by atoms with Crippen LogP contribution in [0, 0.1) is 0 Å². The van der Waals surface area contributed by atoms with E-state index in [4.69, 9.17) is 27.3 Å². The summed E-state index contributed by atoms with van der Waals surface area (Å²) >= 11 is 0. The number of hydrogen-bond acceptors (Lipinski definition) is 3. The largest absolute Gasteiger partial charge is 0.309 e. The molecule has 0 aliphatic heterocycles. The molecule has 0 unspecified atom stereocenters. The zero-order valence-corrected chi connectivity index (χ0v) is 40.8. The van der Waals surface area contributed by atoms with Crippen LogP contribution in [-0.2, 0) is 0 Å². The Morgan fingerprint density at radius 1 is 0.329 bits per heavy atom. The number of fused-ring (bicyclic) bond motifs is 9. The average molecular weight is 1010 g/mol. The summed E-state index contributed by atoms with van der Waals surface area (Å²) in [6.45, 7) is 0. The fraction of sp³-hybridized carbons (Fsp3) is 0. The lowest BCUT2D eigenvalue weighted by atomic mass is 10.1. The van der Waals surface area contributed by atoms with Crippen LogP contribution in [0.4, 0.5) is 0 Å². The SMILES string of the molecule is [2H]c1c([2H])c([2H])c(-c2nc(-c3c([2H])c([2H])c([2H])c([Si](c4ccccc4)(c4c([2H])c([2H])c([2H])c([2H])c4[2H])c4c([2H])c([2H])c([2H])c([2H])c4[2H])c3[2H])nc(-n3c4ccccc4c4cccc(-n5c6ccccc6c6cc(-n7c8ccccc8c8ccccc87)ccc65)c43)n2)c([2H])c1[2H]. The highest BCUT2D eigenvalue weighted by molar-refractivity contribution is 7.19. The molecule has 4 aromatic heterocycles. The van der Waals surface area contributed by atoms with E-state index in [-0.39, 0.29) is 11.1 Å². The van der Waals surface area contributed by atoms with Crippen molar-refractivity contribution in [3.8, 4) is 40.1 Å². The Balaban J connectivity index is 1.08. The van der Waals surface area contributed by atoms with Crippen molar-refractivity contribution in [3.63, 3.8) is 0 Å². The van der Waals surface area contributed by atoms with Gasteiger partial charge in [0, 0.05) is 49.1 Å². The lowest BCUT2D eigenvalue weighted by molar-refractivity contribution is 0.950. The Bertz CT molecular complexity index is 5680. The number of para-hydroxylation sites is 5. The molecule has 11 aromatic carbocycles. The molecular weight excluding hydrogens is 941 g/mol. The second-order valence-corrected chi connectivity index (χ2v) is 21.7. The van der Waals surface area contributed by atoms with Gasteiger partial charge in [-0.05, 0) is 69.3 Å². The average Bonchev–Trinajstić information content (AvgIpc) is 1.24. The van der Waals surface area contributed by atoms with Gasteiger partial charge in [-0.2, -0.15) is 9.97 Å². The van der Waals surface area contributed by atoms with E-state index in [9.17, 15) is 13.7 Å². The first-order chi connectivity index (χ1) is 45.6. The first kappa shape index (κ1) is 28.5. The smallest absolute Gasteiger partial charge is 0.238 e. The highest BCUT2D eigenvalue weighted by Crippen LogP contribution is 2.41. The number of aromatic nitrogens is 6. The van der Waals surface area contributed by atoms with Gasteiger partial charge < -0.3 is 9.13 Å². The summed E-state index contributed by atoms with van der Waals surface area (Å²) in [5.74, 6) is -1.50. The quantitative estimate of drug-likeness (QED) is 0.107. The van der Waals surface area contributed by atoms with E-state index in [0.29, 0.717) is 27.5 Å². The van der Waals surface area contributed by atoms with Crippen LogP contribution in [0.5, 0.6) is 0 Å². The third kappa shape index (κ3) is 6.69. The third-order valence-corrected chi connectivity index (χ3v) is 18.3. The number of nitrogens with zero attached hydrogens (tertiary/aromatic N) is 6. The van der Waals surface area contributed by atoms with E-state index in [1.165, 1.54) is 24.3 Å². The molecule has 15 rings (SSSR count). The standard InChI is InChI=1S/C69H46N6Si/c1-5-23-47(24-6-1)67-70-68(48-25-21-32-53(45-48)76(50-26-7-2-8-27-50,51-28-9-3-10-29-51)52-30-11-4-12-31-52)72-69(71-67)75-63-41-20-15-35-56(63)58-37-22-42-65(66(58)75)74-62-40-19-16-36-57(62)59-46-49(43-44-64(59)74)73-60-38-17-13-33-54(60)55-34-14-18-39-61(55)73/h1-46H/i1D,2D,3D,5D,6D,7D,8D,9D,10D,21D,23D,24D,25D,26D,27D,28D,29D,32D,45D. The number of rotatable bonds is 9. The van der Waals surface area contributed by atoms with E-state index in [2.05, 4.69) is 51.6 Å². The second-order valence-electron chi connectivity index (χ2n) is 18.1. The Morgan fingerprint density at radius 2 is 0.803 bits per heavy atom. The molecule has 0 saturated carbocycles. The molecule has 0 amide bonds. The van der Waals surface area contributed by atoms with Gasteiger partial charge in [0.1, 0.15) is 0 Å². The predicted molar refractivity (Wildman–Crippen MR) is 317 cm³/mol. The van der Waals surface area contributed by atoms with Gasteiger partial charge in [0.2, 0.25) is 5.95 Å². The van der Waals surface area contributed by atoms with Crippen LogP contribution in [-0.4, -0.2) is 36.7 Å². The minimum absolute atomic E-state index is 0.0518. The van der Waals surface area contributed by atoms with Crippen LogP contribution in [0.15, 0.2) is 279 Å². The van der Waals surface area contributed by atoms with E-state index in [0.717, 1.165) is 49.3 Å². The van der Waals surface area contributed by atoms with Gasteiger partial charge in [-0.1, -0.05) is 230 Å². The molecule has 15 aromatic rings. The molecule has 0 radical (unpaired) electrons. The van der Waals surface area contributed by atoms with Crippen molar-refractivity contribution in [2.24, 2.45) is 0 Å². The summed E-state index contributed by atoms with van der Waals surface area (Å²) in [4.78, 5) is 14.9. The van der Waals surface area contributed by atoms with Gasteiger partial charge in [0.15, 0.2) is 19.7 Å². The fourth-order valence-electron chi connectivity index (χ4n) is 11.0. The second kappa shape index (κ2) is 17.6. The molecule has 356 valence electrons. The molecule has 0 saturated heterocycles. The van der Waals surface area contributed by atoms with E-state index < -0.39 is 161 Å². The van der Waals surface area contributed by atoms with Crippen LogP contribution >= 0.6 is 0 Å². The van der Waals surface area contributed by atoms with Crippen molar-refractivity contribution in [1.29, 1.82) is 0 Å². The van der Waals surface area contributed by atoms with Gasteiger partial charge in [-0.25, -0.2) is 4.98 Å². The molecule has 0 atom stereocenters. The minimum atomic E-state index is -5.53. The number of benzene rings is 11. The lowest BCUT2D eigenvalue weighted by Crippen LogP contribution is -2.74. The molecule has 0 bridgehead atoms. The van der Waals surface area contributed by atoms with Gasteiger partial charge in [-0.15, -0.1) is 0 Å². The molecule has 4 heterocycles. The zero-order chi connectivity index (χ0) is 66.7. The van der Waals surface area contributed by atoms with Gasteiger partial charge in [0.25, 0.3) is 0 Å². The van der Waals surface area contributed by atoms with Crippen LogP contribution < -0.4 is 20.7 Å². The summed E-state index contributed by atoms with van der Waals surface area (Å²) in [5.41, 5.74) is 4.89. The zero-order valence-electron chi connectivity index (χ0n) is 58.8. The maximum absolute atomic E-state index is 10.7. The van der Waals surface area contributed by atoms with E-state index in [1.54, 1.807) is 22.8 Å². The van der Waals surface area contributed by atoms with Crippen LogP contribution in [0.1, 0.15) is 26.0 Å². The molecule has 7 heteroatoms. The summed E-state index contributed by atoms with van der Waals surface area (Å²) in [7, 11) is -5.53. The van der Waals surface area contributed by atoms with Crippen molar-refractivity contribution in [2.75, 3.05) is 0 Å². The topological polar surface area (TPSA) is 53.5 Å². The maximum atomic E-state index is 10.7. The number of hydrogen-bond donors (Lipinski definition) is 0. The van der Waals surface area contributed by atoms with Gasteiger partial charge in [-0.3, -0.25) is 4.57 Å². The first-order valence-corrected chi connectivity index (χ1v) is 26.3. The maximum Gasteiger partial charge on any atom is 0.238 e. The molecule has 0 aliphatic carbocycles. The normalized spacial score (nSPS) is 15.4. The summed E-state index contributed by atoms with van der Waals surface area (Å²) < 4.78 is 184. The predicted octanol–water partition coefficient (Wildman–Crippen LogP) is 13.9. The molecule has 0 N–H and O–H groups in total. The van der Waals surface area contributed by atoms with Crippen molar-refractivity contribution in [3.05, 3.63) is 279 Å². The van der Waals surface area contributed by atoms with Crippen molar-refractivity contribution >= 4 is 94.2 Å². The van der Waals surface area contributed by atoms with Gasteiger partial charge >= 0.3 is 0 Å². The molecule has 6 nitrogen and oxygen atoms in total. The summed E-state index contributed by atoms with van der Waals surface area (Å²) in [5, 5.41) is 3.36. The van der Waals surface area contributed by atoms with Crippen LogP contribution in [0.3, 0.4) is 0 Å². The Morgan fingerprint density at radius 3 is 1.43 bits per heavy atom. The van der Waals surface area contributed by atoms with Crippen LogP contribution in [0.2, 0.25) is 0 Å². The lowest BCUT2D eigenvalue weighted by Gasteiger charge is -2.34. The van der Waals surface area contributed by atoms with Crippen molar-refractivity contribution < 1.29 is 26.0 Å². The monoisotopic (exact) mass is 1010 g/mol. The summed E-state index contributed by atoms with van der Waals surface area (Å²) in [6, 6.07) is 34.8.